The number of rotatable bonds is 2. The van der Waals surface area contributed by atoms with Gasteiger partial charge in [-0.15, -0.1) is 0 Å². The summed E-state index contributed by atoms with van der Waals surface area (Å²) in [6.07, 6.45) is -2.72. The second-order valence-electron chi connectivity index (χ2n) is 4.58. The van der Waals surface area contributed by atoms with E-state index in [1.165, 1.54) is 0 Å². The average Bonchev–Trinajstić information content (AvgIpc) is 1.97. The van der Waals surface area contributed by atoms with Gasteiger partial charge in [0.2, 0.25) is 10.0 Å². The Bertz CT molecular complexity index is 339. The molecule has 1 rings (SSSR count). The highest BCUT2D eigenvalue weighted by Crippen LogP contribution is 2.39. The fourth-order valence-electron chi connectivity index (χ4n) is 2.48. The molecule has 0 spiro atoms. The van der Waals surface area contributed by atoms with E-state index < -0.39 is 27.4 Å². The number of hydrogen-bond donors (Lipinski definition) is 1. The van der Waals surface area contributed by atoms with E-state index in [2.05, 4.69) is 0 Å². The van der Waals surface area contributed by atoms with E-state index in [4.69, 9.17) is 5.14 Å². The average molecular weight is 259 g/mol. The molecule has 0 aliphatic heterocycles. The Kier molecular flexibility index (Phi) is 3.89. The number of nitrogens with two attached hydrogens (primary N) is 1. The van der Waals surface area contributed by atoms with Crippen molar-refractivity contribution in [2.75, 3.05) is 0 Å². The fourth-order valence-corrected chi connectivity index (χ4v) is 3.63. The summed E-state index contributed by atoms with van der Waals surface area (Å²) in [6, 6.07) is 0. The van der Waals surface area contributed by atoms with E-state index in [1.54, 1.807) is 0 Å². The molecule has 16 heavy (non-hydrogen) atoms. The molecule has 7 heteroatoms. The third-order valence-corrected chi connectivity index (χ3v) is 4.44. The highest BCUT2D eigenvalue weighted by molar-refractivity contribution is 7.89. The normalized spacial score (nSPS) is 30.1. The van der Waals surface area contributed by atoms with Gasteiger partial charge in [-0.3, -0.25) is 0 Å². The minimum atomic E-state index is -4.77. The van der Waals surface area contributed by atoms with Crippen LogP contribution < -0.4 is 5.14 Å². The number of sulfonamides is 1. The van der Waals surface area contributed by atoms with Crippen LogP contribution >= 0.6 is 0 Å². The maximum Gasteiger partial charge on any atom is 0.407 e. The molecule has 1 aliphatic carbocycles. The van der Waals surface area contributed by atoms with Gasteiger partial charge in [0.1, 0.15) is 0 Å². The summed E-state index contributed by atoms with van der Waals surface area (Å²) in [5.74, 6) is -0.760. The molecule has 0 aromatic rings. The van der Waals surface area contributed by atoms with Crippen LogP contribution in [0, 0.1) is 11.8 Å². The summed E-state index contributed by atoms with van der Waals surface area (Å²) < 4.78 is 60.1. The van der Waals surface area contributed by atoms with Crippen molar-refractivity contribution in [2.45, 2.75) is 44.0 Å². The SMILES string of the molecule is CC1CCCC(C(C(F)(F)F)S(N)(=O)=O)C1. The topological polar surface area (TPSA) is 60.2 Å². The van der Waals surface area contributed by atoms with Crippen molar-refractivity contribution in [3.63, 3.8) is 0 Å². The van der Waals surface area contributed by atoms with Gasteiger partial charge in [0, 0.05) is 0 Å². The summed E-state index contributed by atoms with van der Waals surface area (Å²) in [5.41, 5.74) is 0. The van der Waals surface area contributed by atoms with Crippen LogP contribution in [0.5, 0.6) is 0 Å². The van der Waals surface area contributed by atoms with Gasteiger partial charge in [0.05, 0.1) is 0 Å². The van der Waals surface area contributed by atoms with E-state index in [1.807, 2.05) is 6.92 Å². The van der Waals surface area contributed by atoms with Crippen molar-refractivity contribution in [3.8, 4) is 0 Å². The van der Waals surface area contributed by atoms with E-state index >= 15 is 0 Å². The first-order valence-corrected chi connectivity index (χ1v) is 6.81. The van der Waals surface area contributed by atoms with Crippen molar-refractivity contribution < 1.29 is 21.6 Å². The number of halogens is 3. The zero-order chi connectivity index (χ0) is 12.6. The van der Waals surface area contributed by atoms with E-state index in [0.29, 0.717) is 6.42 Å². The van der Waals surface area contributed by atoms with Gasteiger partial charge >= 0.3 is 6.18 Å². The number of hydrogen-bond acceptors (Lipinski definition) is 2. The third-order valence-electron chi connectivity index (χ3n) is 3.08. The van der Waals surface area contributed by atoms with E-state index in [0.717, 1.165) is 6.42 Å². The smallest absolute Gasteiger partial charge is 0.228 e. The van der Waals surface area contributed by atoms with Gasteiger partial charge in [-0.2, -0.15) is 13.2 Å². The summed E-state index contributed by atoms with van der Waals surface area (Å²) >= 11 is 0. The molecular weight excluding hydrogens is 243 g/mol. The van der Waals surface area contributed by atoms with Crippen molar-refractivity contribution in [1.82, 2.24) is 0 Å². The Balaban J connectivity index is 2.94. The molecule has 0 radical (unpaired) electrons. The van der Waals surface area contributed by atoms with Crippen molar-refractivity contribution in [3.05, 3.63) is 0 Å². The fraction of sp³-hybridized carbons (Fsp3) is 1.00. The van der Waals surface area contributed by atoms with Crippen LogP contribution in [0.15, 0.2) is 0 Å². The Hall–Kier alpha value is -0.300. The first-order chi connectivity index (χ1) is 7.12. The van der Waals surface area contributed by atoms with Gasteiger partial charge in [0.25, 0.3) is 0 Å². The molecule has 2 N–H and O–H groups in total. The predicted octanol–water partition coefficient (Wildman–Crippen LogP) is 2.03. The molecule has 1 saturated carbocycles. The lowest BCUT2D eigenvalue weighted by atomic mass is 9.80. The molecule has 3 nitrogen and oxygen atoms in total. The highest BCUT2D eigenvalue weighted by atomic mass is 32.2. The molecule has 0 saturated heterocycles. The molecule has 0 aromatic carbocycles. The molecular formula is C9H16F3NO2S. The molecule has 1 fully saturated rings. The molecule has 3 unspecified atom stereocenters. The summed E-state index contributed by atoms with van der Waals surface area (Å²) in [4.78, 5) is 0. The summed E-state index contributed by atoms with van der Waals surface area (Å²) in [6.45, 7) is 1.84. The molecule has 0 bridgehead atoms. The first-order valence-electron chi connectivity index (χ1n) is 5.20. The zero-order valence-electron chi connectivity index (χ0n) is 9.00. The lowest BCUT2D eigenvalue weighted by Gasteiger charge is -2.32. The van der Waals surface area contributed by atoms with Crippen LogP contribution in [0.3, 0.4) is 0 Å². The quantitative estimate of drug-likeness (QED) is 0.824. The maximum absolute atomic E-state index is 12.7. The van der Waals surface area contributed by atoms with E-state index in [-0.39, 0.29) is 18.8 Å². The molecule has 0 heterocycles. The van der Waals surface area contributed by atoms with Crippen LogP contribution in [0.25, 0.3) is 0 Å². The zero-order valence-corrected chi connectivity index (χ0v) is 9.81. The van der Waals surface area contributed by atoms with Crippen LogP contribution in [0.2, 0.25) is 0 Å². The van der Waals surface area contributed by atoms with Crippen LogP contribution in [0.4, 0.5) is 13.2 Å². The summed E-state index contributed by atoms with van der Waals surface area (Å²) in [7, 11) is -4.57. The predicted molar refractivity (Wildman–Crippen MR) is 54.1 cm³/mol. The lowest BCUT2D eigenvalue weighted by molar-refractivity contribution is -0.142. The van der Waals surface area contributed by atoms with E-state index in [9.17, 15) is 21.6 Å². The lowest BCUT2D eigenvalue weighted by Crippen LogP contribution is -2.47. The summed E-state index contributed by atoms with van der Waals surface area (Å²) in [5, 5.41) is 2.29. The number of alkyl halides is 3. The minimum Gasteiger partial charge on any atom is -0.228 e. The number of primary sulfonamides is 1. The second kappa shape index (κ2) is 4.52. The van der Waals surface area contributed by atoms with Gasteiger partial charge in [-0.1, -0.05) is 19.8 Å². The Morgan fingerprint density at radius 1 is 1.31 bits per heavy atom. The van der Waals surface area contributed by atoms with Crippen molar-refractivity contribution >= 4 is 10.0 Å². The van der Waals surface area contributed by atoms with Gasteiger partial charge in [-0.25, -0.2) is 13.6 Å². The second-order valence-corrected chi connectivity index (χ2v) is 6.27. The maximum atomic E-state index is 12.7. The van der Waals surface area contributed by atoms with Crippen LogP contribution in [-0.2, 0) is 10.0 Å². The van der Waals surface area contributed by atoms with Crippen molar-refractivity contribution in [1.29, 1.82) is 0 Å². The van der Waals surface area contributed by atoms with Gasteiger partial charge < -0.3 is 0 Å². The standard InChI is InChI=1S/C9H16F3NO2S/c1-6-3-2-4-7(5-6)8(9(10,11)12)16(13,14)15/h6-8H,2-5H2,1H3,(H2,13,14,15). The molecule has 1 aliphatic rings. The Labute approximate surface area is 93.3 Å². The molecule has 96 valence electrons. The monoisotopic (exact) mass is 259 g/mol. The Morgan fingerprint density at radius 2 is 1.88 bits per heavy atom. The molecule has 0 aromatic heterocycles. The van der Waals surface area contributed by atoms with Gasteiger partial charge in [-0.05, 0) is 24.7 Å². The first kappa shape index (κ1) is 13.8. The molecule has 0 amide bonds. The Morgan fingerprint density at radius 3 is 2.25 bits per heavy atom. The van der Waals surface area contributed by atoms with Crippen molar-refractivity contribution in [2.24, 2.45) is 17.0 Å². The van der Waals surface area contributed by atoms with Gasteiger partial charge in [0.15, 0.2) is 5.25 Å². The molecule has 3 atom stereocenters. The minimum absolute atomic E-state index is 0.130. The third kappa shape index (κ3) is 3.35. The largest absolute Gasteiger partial charge is 0.407 e. The highest BCUT2D eigenvalue weighted by Gasteiger charge is 2.52. The van der Waals surface area contributed by atoms with Crippen LogP contribution in [0.1, 0.15) is 32.6 Å². The van der Waals surface area contributed by atoms with Crippen LogP contribution in [-0.4, -0.2) is 19.8 Å².